The number of rotatable bonds is 4. The van der Waals surface area contributed by atoms with Gasteiger partial charge < -0.3 is 13.7 Å². The Morgan fingerprint density at radius 3 is 2.80 bits per heavy atom. The minimum atomic E-state index is -0.324. The van der Waals surface area contributed by atoms with Crippen LogP contribution in [-0.2, 0) is 11.3 Å². The predicted molar refractivity (Wildman–Crippen MR) is 75.7 cm³/mol. The molecule has 0 saturated carbocycles. The molecule has 0 aliphatic heterocycles. The van der Waals surface area contributed by atoms with Crippen LogP contribution in [0.5, 0.6) is 0 Å². The lowest BCUT2D eigenvalue weighted by atomic mass is 10.2. The van der Waals surface area contributed by atoms with E-state index < -0.39 is 0 Å². The SMILES string of the molecule is CCOC(=O)c1cc2occc2n1Cc1ccccc1. The van der Waals surface area contributed by atoms with Crippen LogP contribution < -0.4 is 0 Å². The molecule has 0 amide bonds. The Bertz CT molecular complexity index is 725. The molecule has 0 radical (unpaired) electrons. The van der Waals surface area contributed by atoms with Gasteiger partial charge in [-0.05, 0) is 12.5 Å². The number of ether oxygens (including phenoxy) is 1. The first-order valence-electron chi connectivity index (χ1n) is 6.57. The van der Waals surface area contributed by atoms with Crippen molar-refractivity contribution in [2.45, 2.75) is 13.5 Å². The lowest BCUT2D eigenvalue weighted by Gasteiger charge is -2.09. The normalized spacial score (nSPS) is 10.8. The van der Waals surface area contributed by atoms with Gasteiger partial charge in [0.2, 0.25) is 0 Å². The fraction of sp³-hybridized carbons (Fsp3) is 0.188. The minimum Gasteiger partial charge on any atom is -0.463 e. The highest BCUT2D eigenvalue weighted by molar-refractivity contribution is 5.94. The van der Waals surface area contributed by atoms with Crippen molar-refractivity contribution in [1.29, 1.82) is 0 Å². The topological polar surface area (TPSA) is 44.4 Å². The highest BCUT2D eigenvalue weighted by atomic mass is 16.5. The molecule has 0 atom stereocenters. The van der Waals surface area contributed by atoms with E-state index in [4.69, 9.17) is 9.15 Å². The molecule has 0 saturated heterocycles. The number of benzene rings is 1. The van der Waals surface area contributed by atoms with Gasteiger partial charge >= 0.3 is 5.97 Å². The third-order valence-electron chi connectivity index (χ3n) is 3.19. The number of carbonyl (C=O) groups excluding carboxylic acids is 1. The summed E-state index contributed by atoms with van der Waals surface area (Å²) in [5.41, 5.74) is 3.24. The van der Waals surface area contributed by atoms with E-state index in [1.54, 1.807) is 19.3 Å². The van der Waals surface area contributed by atoms with Crippen molar-refractivity contribution >= 4 is 17.1 Å². The molecule has 20 heavy (non-hydrogen) atoms. The van der Waals surface area contributed by atoms with Crippen LogP contribution in [-0.4, -0.2) is 17.1 Å². The zero-order chi connectivity index (χ0) is 13.9. The summed E-state index contributed by atoms with van der Waals surface area (Å²) in [5.74, 6) is -0.324. The lowest BCUT2D eigenvalue weighted by molar-refractivity contribution is 0.0515. The van der Waals surface area contributed by atoms with Crippen LogP contribution in [0.25, 0.3) is 11.1 Å². The van der Waals surface area contributed by atoms with Crippen LogP contribution in [0, 0.1) is 0 Å². The molecular weight excluding hydrogens is 254 g/mol. The Labute approximate surface area is 116 Å². The number of hydrogen-bond donors (Lipinski definition) is 0. The molecular formula is C16H15NO3. The maximum atomic E-state index is 12.0. The van der Waals surface area contributed by atoms with Gasteiger partial charge in [0.15, 0.2) is 5.58 Å². The highest BCUT2D eigenvalue weighted by Crippen LogP contribution is 2.23. The van der Waals surface area contributed by atoms with Gasteiger partial charge in [-0.15, -0.1) is 0 Å². The zero-order valence-corrected chi connectivity index (χ0v) is 11.2. The Morgan fingerprint density at radius 1 is 1.25 bits per heavy atom. The summed E-state index contributed by atoms with van der Waals surface area (Å²) < 4.78 is 12.4. The molecule has 0 fully saturated rings. The van der Waals surface area contributed by atoms with Gasteiger partial charge in [0.05, 0.1) is 18.4 Å². The number of fused-ring (bicyclic) bond motifs is 1. The summed E-state index contributed by atoms with van der Waals surface area (Å²) in [6.45, 7) is 2.77. The van der Waals surface area contributed by atoms with Gasteiger partial charge in [-0.3, -0.25) is 0 Å². The fourth-order valence-corrected chi connectivity index (χ4v) is 2.29. The fourth-order valence-electron chi connectivity index (χ4n) is 2.29. The third-order valence-corrected chi connectivity index (χ3v) is 3.19. The molecule has 0 spiro atoms. The largest absolute Gasteiger partial charge is 0.463 e. The van der Waals surface area contributed by atoms with E-state index in [9.17, 15) is 4.79 Å². The monoisotopic (exact) mass is 269 g/mol. The summed E-state index contributed by atoms with van der Waals surface area (Å²) in [6, 6.07) is 13.6. The molecule has 0 N–H and O–H groups in total. The molecule has 4 nitrogen and oxygen atoms in total. The maximum Gasteiger partial charge on any atom is 0.355 e. The molecule has 3 aromatic rings. The first-order valence-corrected chi connectivity index (χ1v) is 6.57. The van der Waals surface area contributed by atoms with Crippen LogP contribution in [0.1, 0.15) is 23.0 Å². The summed E-state index contributed by atoms with van der Waals surface area (Å²) in [6.07, 6.45) is 1.63. The Morgan fingerprint density at radius 2 is 2.05 bits per heavy atom. The highest BCUT2D eigenvalue weighted by Gasteiger charge is 2.18. The predicted octanol–water partition coefficient (Wildman–Crippen LogP) is 3.46. The van der Waals surface area contributed by atoms with Crippen LogP contribution in [0.15, 0.2) is 53.1 Å². The van der Waals surface area contributed by atoms with Crippen molar-refractivity contribution < 1.29 is 13.9 Å². The molecule has 102 valence electrons. The third kappa shape index (κ3) is 2.20. The molecule has 0 aliphatic rings. The van der Waals surface area contributed by atoms with E-state index in [2.05, 4.69) is 0 Å². The van der Waals surface area contributed by atoms with E-state index in [1.807, 2.05) is 41.0 Å². The van der Waals surface area contributed by atoms with E-state index in [1.165, 1.54) is 0 Å². The molecule has 2 heterocycles. The molecule has 2 aromatic heterocycles. The number of aromatic nitrogens is 1. The number of esters is 1. The van der Waals surface area contributed by atoms with E-state index in [0.717, 1.165) is 11.1 Å². The maximum absolute atomic E-state index is 12.0. The second kappa shape index (κ2) is 5.25. The van der Waals surface area contributed by atoms with Crippen LogP contribution in [0.4, 0.5) is 0 Å². The molecule has 1 aromatic carbocycles. The summed E-state index contributed by atoms with van der Waals surface area (Å²) in [4.78, 5) is 12.0. The number of carbonyl (C=O) groups is 1. The smallest absolute Gasteiger partial charge is 0.355 e. The quantitative estimate of drug-likeness (QED) is 0.681. The molecule has 0 unspecified atom stereocenters. The average Bonchev–Trinajstić information content (AvgIpc) is 3.03. The van der Waals surface area contributed by atoms with Crippen LogP contribution in [0.2, 0.25) is 0 Å². The molecule has 0 bridgehead atoms. The second-order valence-electron chi connectivity index (χ2n) is 4.49. The average molecular weight is 269 g/mol. The standard InChI is InChI=1S/C16H15NO3/c1-2-19-16(18)14-10-15-13(8-9-20-15)17(14)11-12-6-4-3-5-7-12/h3-10H,2,11H2,1H3. The molecule has 3 rings (SSSR count). The van der Waals surface area contributed by atoms with Crippen molar-refractivity contribution in [3.63, 3.8) is 0 Å². The van der Waals surface area contributed by atoms with E-state index in [-0.39, 0.29) is 5.97 Å². The van der Waals surface area contributed by atoms with Crippen molar-refractivity contribution in [2.75, 3.05) is 6.61 Å². The van der Waals surface area contributed by atoms with Crippen molar-refractivity contribution in [3.8, 4) is 0 Å². The van der Waals surface area contributed by atoms with Gasteiger partial charge in [-0.1, -0.05) is 30.3 Å². The van der Waals surface area contributed by atoms with Crippen LogP contribution in [0.3, 0.4) is 0 Å². The van der Waals surface area contributed by atoms with Crippen molar-refractivity contribution in [1.82, 2.24) is 4.57 Å². The van der Waals surface area contributed by atoms with Gasteiger partial charge in [0.25, 0.3) is 0 Å². The van der Waals surface area contributed by atoms with Gasteiger partial charge in [0.1, 0.15) is 5.69 Å². The van der Waals surface area contributed by atoms with Crippen molar-refractivity contribution in [2.24, 2.45) is 0 Å². The van der Waals surface area contributed by atoms with E-state index in [0.29, 0.717) is 24.4 Å². The van der Waals surface area contributed by atoms with Crippen molar-refractivity contribution in [3.05, 3.63) is 60.0 Å². The molecule has 0 aliphatic carbocycles. The van der Waals surface area contributed by atoms with E-state index >= 15 is 0 Å². The lowest BCUT2D eigenvalue weighted by Crippen LogP contribution is -2.12. The summed E-state index contributed by atoms with van der Waals surface area (Å²) in [5, 5.41) is 0. The Kier molecular flexibility index (Phi) is 3.29. The Hall–Kier alpha value is -2.49. The summed E-state index contributed by atoms with van der Waals surface area (Å²) in [7, 11) is 0. The van der Waals surface area contributed by atoms with Crippen LogP contribution >= 0.6 is 0 Å². The number of hydrogen-bond acceptors (Lipinski definition) is 3. The zero-order valence-electron chi connectivity index (χ0n) is 11.2. The van der Waals surface area contributed by atoms with Gasteiger partial charge in [-0.25, -0.2) is 4.79 Å². The number of nitrogens with zero attached hydrogens (tertiary/aromatic N) is 1. The first kappa shape index (κ1) is 12.5. The Balaban J connectivity index is 2.04. The van der Waals surface area contributed by atoms with Gasteiger partial charge in [0, 0.05) is 18.7 Å². The molecule has 4 heteroatoms. The minimum absolute atomic E-state index is 0.324. The first-order chi connectivity index (χ1) is 9.79. The second-order valence-corrected chi connectivity index (χ2v) is 4.49. The number of furan rings is 1. The summed E-state index contributed by atoms with van der Waals surface area (Å²) >= 11 is 0. The van der Waals surface area contributed by atoms with Gasteiger partial charge in [-0.2, -0.15) is 0 Å².